The summed E-state index contributed by atoms with van der Waals surface area (Å²) in [5, 5.41) is 2.83. The van der Waals surface area contributed by atoms with Gasteiger partial charge in [0, 0.05) is 5.75 Å². The van der Waals surface area contributed by atoms with Crippen LogP contribution >= 0.6 is 11.8 Å². The van der Waals surface area contributed by atoms with Gasteiger partial charge in [-0.15, -0.1) is 11.8 Å². The normalized spacial score (nSPS) is 10.1. The number of rotatable bonds is 7. The maximum absolute atomic E-state index is 12.0. The van der Waals surface area contributed by atoms with Gasteiger partial charge in [0.25, 0.3) is 0 Å². The summed E-state index contributed by atoms with van der Waals surface area (Å²) >= 11 is 1.47. The van der Waals surface area contributed by atoms with Gasteiger partial charge < -0.3 is 14.8 Å². The van der Waals surface area contributed by atoms with E-state index in [9.17, 15) is 9.59 Å². The third-order valence-electron chi connectivity index (χ3n) is 3.23. The van der Waals surface area contributed by atoms with Crippen molar-refractivity contribution in [3.05, 3.63) is 59.7 Å². The molecule has 0 aliphatic heterocycles. The number of carbonyl (C=O) groups is 2. The highest BCUT2D eigenvalue weighted by molar-refractivity contribution is 7.99. The van der Waals surface area contributed by atoms with Crippen LogP contribution in [0.2, 0.25) is 0 Å². The summed E-state index contributed by atoms with van der Waals surface area (Å²) in [5.41, 5.74) is 2.13. The zero-order valence-electron chi connectivity index (χ0n) is 13.6. The van der Waals surface area contributed by atoms with Crippen molar-refractivity contribution >= 4 is 29.3 Å². The number of methoxy groups -OCH3 is 2. The number of benzene rings is 2. The minimum Gasteiger partial charge on any atom is -0.495 e. The molecule has 2 aromatic rings. The van der Waals surface area contributed by atoms with E-state index in [1.165, 1.54) is 18.9 Å². The molecule has 24 heavy (non-hydrogen) atoms. The first kappa shape index (κ1) is 17.9. The lowest BCUT2D eigenvalue weighted by Crippen LogP contribution is -2.14. The maximum atomic E-state index is 12.0. The van der Waals surface area contributed by atoms with Crippen molar-refractivity contribution < 1.29 is 19.1 Å². The van der Waals surface area contributed by atoms with Crippen molar-refractivity contribution in [3.63, 3.8) is 0 Å². The Kier molecular flexibility index (Phi) is 6.69. The Morgan fingerprint density at radius 1 is 1.08 bits per heavy atom. The molecular formula is C18H19NO4S. The number of thioether (sulfide) groups is 1. The quantitative estimate of drug-likeness (QED) is 0.780. The summed E-state index contributed by atoms with van der Waals surface area (Å²) in [6.07, 6.45) is 0. The lowest BCUT2D eigenvalue weighted by Gasteiger charge is -2.09. The second kappa shape index (κ2) is 8.98. The smallest absolute Gasteiger partial charge is 0.337 e. The highest BCUT2D eigenvalue weighted by Crippen LogP contribution is 2.23. The van der Waals surface area contributed by atoms with Crippen molar-refractivity contribution in [2.24, 2.45) is 0 Å². The lowest BCUT2D eigenvalue weighted by atomic mass is 10.1. The molecule has 1 amide bonds. The Hall–Kier alpha value is -2.47. The van der Waals surface area contributed by atoms with E-state index in [2.05, 4.69) is 5.32 Å². The number of hydrogen-bond donors (Lipinski definition) is 1. The summed E-state index contributed by atoms with van der Waals surface area (Å²) in [4.78, 5) is 23.5. The number of ether oxygens (including phenoxy) is 2. The standard InChI is InChI=1S/C18H19NO4S/c1-22-16-9-4-3-8-15(16)19-17(20)12-24-11-13-6-5-7-14(10-13)18(21)23-2/h3-10H,11-12H2,1-2H3,(H,19,20). The summed E-state index contributed by atoms with van der Waals surface area (Å²) < 4.78 is 9.90. The molecule has 0 spiro atoms. The van der Waals surface area contributed by atoms with Crippen LogP contribution in [0.1, 0.15) is 15.9 Å². The average molecular weight is 345 g/mol. The van der Waals surface area contributed by atoms with Crippen LogP contribution in [0.4, 0.5) is 5.69 Å². The molecular weight excluding hydrogens is 326 g/mol. The number of carbonyl (C=O) groups excluding carboxylic acids is 2. The number of para-hydroxylation sites is 2. The minimum absolute atomic E-state index is 0.103. The van der Waals surface area contributed by atoms with E-state index in [1.807, 2.05) is 18.2 Å². The topological polar surface area (TPSA) is 64.6 Å². The first-order chi connectivity index (χ1) is 11.6. The van der Waals surface area contributed by atoms with Gasteiger partial charge in [0.2, 0.25) is 5.91 Å². The zero-order chi connectivity index (χ0) is 17.4. The molecule has 1 N–H and O–H groups in total. The third-order valence-corrected chi connectivity index (χ3v) is 4.23. The van der Waals surface area contributed by atoms with Gasteiger partial charge in [0.1, 0.15) is 5.75 Å². The van der Waals surface area contributed by atoms with Crippen LogP contribution in [0.3, 0.4) is 0 Å². The summed E-state index contributed by atoms with van der Waals surface area (Å²) in [6.45, 7) is 0. The third kappa shape index (κ3) is 5.03. The van der Waals surface area contributed by atoms with Crippen LogP contribution < -0.4 is 10.1 Å². The summed E-state index contributed by atoms with van der Waals surface area (Å²) in [6, 6.07) is 14.5. The van der Waals surface area contributed by atoms with Gasteiger partial charge in [-0.3, -0.25) is 4.79 Å². The SMILES string of the molecule is COC(=O)c1cccc(CSCC(=O)Nc2ccccc2OC)c1. The Balaban J connectivity index is 1.85. The molecule has 6 heteroatoms. The van der Waals surface area contributed by atoms with Crippen LogP contribution in [0.25, 0.3) is 0 Å². The second-order valence-electron chi connectivity index (χ2n) is 4.93. The van der Waals surface area contributed by atoms with Gasteiger partial charge >= 0.3 is 5.97 Å². The molecule has 0 aliphatic rings. The van der Waals surface area contributed by atoms with E-state index in [0.717, 1.165) is 5.56 Å². The molecule has 0 saturated heterocycles. The molecule has 0 radical (unpaired) electrons. The van der Waals surface area contributed by atoms with E-state index in [0.29, 0.717) is 28.5 Å². The first-order valence-electron chi connectivity index (χ1n) is 7.32. The summed E-state index contributed by atoms with van der Waals surface area (Å²) in [7, 11) is 2.92. The van der Waals surface area contributed by atoms with E-state index in [1.54, 1.807) is 37.4 Å². The Bertz CT molecular complexity index is 718. The number of esters is 1. The molecule has 0 aliphatic carbocycles. The zero-order valence-corrected chi connectivity index (χ0v) is 14.4. The fraction of sp³-hybridized carbons (Fsp3) is 0.222. The van der Waals surface area contributed by atoms with E-state index >= 15 is 0 Å². The van der Waals surface area contributed by atoms with Crippen molar-refractivity contribution in [1.29, 1.82) is 0 Å². The molecule has 0 heterocycles. The van der Waals surface area contributed by atoms with Crippen LogP contribution in [-0.4, -0.2) is 31.8 Å². The lowest BCUT2D eigenvalue weighted by molar-refractivity contribution is -0.113. The first-order valence-corrected chi connectivity index (χ1v) is 8.47. The second-order valence-corrected chi connectivity index (χ2v) is 5.92. The maximum Gasteiger partial charge on any atom is 0.337 e. The highest BCUT2D eigenvalue weighted by atomic mass is 32.2. The number of anilines is 1. The monoisotopic (exact) mass is 345 g/mol. The van der Waals surface area contributed by atoms with Crippen LogP contribution in [0, 0.1) is 0 Å². The van der Waals surface area contributed by atoms with E-state index < -0.39 is 0 Å². The molecule has 0 saturated carbocycles. The molecule has 0 fully saturated rings. The largest absolute Gasteiger partial charge is 0.495 e. The number of nitrogens with one attached hydrogen (secondary N) is 1. The molecule has 0 unspecified atom stereocenters. The van der Waals surface area contributed by atoms with Gasteiger partial charge in [-0.1, -0.05) is 24.3 Å². The molecule has 0 aromatic heterocycles. The Labute approximate surface area is 145 Å². The highest BCUT2D eigenvalue weighted by Gasteiger charge is 2.08. The number of amides is 1. The Morgan fingerprint density at radius 3 is 2.62 bits per heavy atom. The van der Waals surface area contributed by atoms with Gasteiger partial charge in [0.05, 0.1) is 31.2 Å². The predicted molar refractivity (Wildman–Crippen MR) is 95.6 cm³/mol. The molecule has 5 nitrogen and oxygen atoms in total. The van der Waals surface area contributed by atoms with Crippen LogP contribution in [0.15, 0.2) is 48.5 Å². The molecule has 2 rings (SSSR count). The predicted octanol–water partition coefficient (Wildman–Crippen LogP) is 3.35. The summed E-state index contributed by atoms with van der Waals surface area (Å²) in [5.74, 6) is 1.09. The molecule has 2 aromatic carbocycles. The fourth-order valence-corrected chi connectivity index (χ4v) is 2.88. The van der Waals surface area contributed by atoms with Crippen molar-refractivity contribution in [1.82, 2.24) is 0 Å². The van der Waals surface area contributed by atoms with E-state index in [-0.39, 0.29) is 11.9 Å². The van der Waals surface area contributed by atoms with E-state index in [4.69, 9.17) is 9.47 Å². The van der Waals surface area contributed by atoms with Gasteiger partial charge in [-0.05, 0) is 29.8 Å². The van der Waals surface area contributed by atoms with Crippen molar-refractivity contribution in [3.8, 4) is 5.75 Å². The van der Waals surface area contributed by atoms with Crippen molar-refractivity contribution in [2.75, 3.05) is 25.3 Å². The molecule has 126 valence electrons. The molecule has 0 atom stereocenters. The Morgan fingerprint density at radius 2 is 1.88 bits per heavy atom. The minimum atomic E-state index is -0.365. The molecule has 0 bridgehead atoms. The van der Waals surface area contributed by atoms with Crippen molar-refractivity contribution in [2.45, 2.75) is 5.75 Å². The van der Waals surface area contributed by atoms with Crippen LogP contribution in [-0.2, 0) is 15.3 Å². The van der Waals surface area contributed by atoms with Crippen LogP contribution in [0.5, 0.6) is 5.75 Å². The number of hydrogen-bond acceptors (Lipinski definition) is 5. The van der Waals surface area contributed by atoms with Gasteiger partial charge in [-0.25, -0.2) is 4.79 Å². The van der Waals surface area contributed by atoms with Gasteiger partial charge in [-0.2, -0.15) is 0 Å². The van der Waals surface area contributed by atoms with Gasteiger partial charge in [0.15, 0.2) is 0 Å². The average Bonchev–Trinajstić information content (AvgIpc) is 2.61. The fourth-order valence-electron chi connectivity index (χ4n) is 2.10.